The molecule has 0 atom stereocenters. The van der Waals surface area contributed by atoms with Crippen molar-refractivity contribution < 1.29 is 19.1 Å². The fourth-order valence-corrected chi connectivity index (χ4v) is 3.55. The molecule has 0 unspecified atom stereocenters. The molecule has 0 bridgehead atoms. The van der Waals surface area contributed by atoms with E-state index < -0.39 is 0 Å². The highest BCUT2D eigenvalue weighted by molar-refractivity contribution is 8.19. The minimum absolute atomic E-state index is 0.345. The SMILES string of the molecule is COc1cc(/C=C2/SC(=O)N(c3ccc(Cl)cc3)C2=O)ccc1OCC(C)C. The quantitative estimate of drug-likeness (QED) is 0.570. The summed E-state index contributed by atoms with van der Waals surface area (Å²) in [6.45, 7) is 4.71. The number of hydrogen-bond acceptors (Lipinski definition) is 5. The van der Waals surface area contributed by atoms with Crippen molar-refractivity contribution in [2.75, 3.05) is 18.6 Å². The van der Waals surface area contributed by atoms with Crippen LogP contribution in [0.1, 0.15) is 19.4 Å². The van der Waals surface area contributed by atoms with Crippen molar-refractivity contribution >= 4 is 46.3 Å². The molecule has 0 aliphatic carbocycles. The third-order valence-electron chi connectivity index (χ3n) is 3.94. The summed E-state index contributed by atoms with van der Waals surface area (Å²) in [4.78, 5) is 26.6. The molecule has 0 N–H and O–H groups in total. The van der Waals surface area contributed by atoms with Crippen molar-refractivity contribution in [3.05, 3.63) is 58.0 Å². The highest BCUT2D eigenvalue weighted by Crippen LogP contribution is 2.37. The number of imide groups is 1. The number of methoxy groups -OCH3 is 1. The summed E-state index contributed by atoms with van der Waals surface area (Å²) in [5.74, 6) is 1.24. The molecule has 5 nitrogen and oxygen atoms in total. The first-order chi connectivity index (χ1) is 13.4. The van der Waals surface area contributed by atoms with Gasteiger partial charge in [-0.2, -0.15) is 0 Å². The summed E-state index contributed by atoms with van der Waals surface area (Å²) in [6.07, 6.45) is 1.68. The van der Waals surface area contributed by atoms with Gasteiger partial charge in [-0.05, 0) is 65.7 Å². The molecule has 1 heterocycles. The van der Waals surface area contributed by atoms with Crippen molar-refractivity contribution in [2.45, 2.75) is 13.8 Å². The number of thioether (sulfide) groups is 1. The van der Waals surface area contributed by atoms with E-state index in [9.17, 15) is 9.59 Å². The van der Waals surface area contributed by atoms with Gasteiger partial charge in [0.05, 0.1) is 24.3 Å². The molecule has 2 aromatic carbocycles. The Morgan fingerprint density at radius 1 is 1.11 bits per heavy atom. The van der Waals surface area contributed by atoms with Gasteiger partial charge in [-0.3, -0.25) is 9.59 Å². The lowest BCUT2D eigenvalue weighted by atomic mass is 10.1. The zero-order valence-electron chi connectivity index (χ0n) is 15.8. The van der Waals surface area contributed by atoms with Gasteiger partial charge < -0.3 is 9.47 Å². The zero-order chi connectivity index (χ0) is 20.3. The van der Waals surface area contributed by atoms with Gasteiger partial charge in [0.1, 0.15) is 0 Å². The zero-order valence-corrected chi connectivity index (χ0v) is 17.3. The summed E-state index contributed by atoms with van der Waals surface area (Å²) in [7, 11) is 1.57. The Morgan fingerprint density at radius 3 is 2.46 bits per heavy atom. The first-order valence-corrected chi connectivity index (χ1v) is 9.93. The monoisotopic (exact) mass is 417 g/mol. The van der Waals surface area contributed by atoms with Crippen LogP contribution in [0.25, 0.3) is 6.08 Å². The second-order valence-corrected chi connectivity index (χ2v) is 8.04. The number of hydrogen-bond donors (Lipinski definition) is 0. The van der Waals surface area contributed by atoms with E-state index in [1.54, 1.807) is 49.6 Å². The first-order valence-electron chi connectivity index (χ1n) is 8.73. The van der Waals surface area contributed by atoms with E-state index in [-0.39, 0.29) is 11.1 Å². The van der Waals surface area contributed by atoms with Crippen LogP contribution in [0.3, 0.4) is 0 Å². The van der Waals surface area contributed by atoms with Crippen LogP contribution < -0.4 is 14.4 Å². The summed E-state index contributed by atoms with van der Waals surface area (Å²) in [6, 6.07) is 12.0. The third kappa shape index (κ3) is 4.51. The summed E-state index contributed by atoms with van der Waals surface area (Å²) < 4.78 is 11.1. The van der Waals surface area contributed by atoms with E-state index in [2.05, 4.69) is 13.8 Å². The molecule has 1 saturated heterocycles. The molecule has 0 spiro atoms. The molecule has 28 heavy (non-hydrogen) atoms. The number of anilines is 1. The van der Waals surface area contributed by atoms with Crippen molar-refractivity contribution in [1.82, 2.24) is 0 Å². The summed E-state index contributed by atoms with van der Waals surface area (Å²) in [5.41, 5.74) is 1.24. The molecule has 2 amide bonds. The second kappa shape index (κ2) is 8.71. The lowest BCUT2D eigenvalue weighted by Gasteiger charge is -2.13. The number of amides is 2. The molecule has 0 aromatic heterocycles. The topological polar surface area (TPSA) is 55.8 Å². The molecule has 0 radical (unpaired) electrons. The highest BCUT2D eigenvalue weighted by Gasteiger charge is 2.36. The van der Waals surface area contributed by atoms with E-state index in [1.807, 2.05) is 6.07 Å². The summed E-state index contributed by atoms with van der Waals surface area (Å²) in [5, 5.41) is 0.195. The van der Waals surface area contributed by atoms with Crippen LogP contribution in [0.4, 0.5) is 10.5 Å². The van der Waals surface area contributed by atoms with E-state index in [4.69, 9.17) is 21.1 Å². The van der Waals surface area contributed by atoms with E-state index in [0.29, 0.717) is 39.6 Å². The Balaban J connectivity index is 1.84. The molecular formula is C21H20ClNO4S. The van der Waals surface area contributed by atoms with Crippen LogP contribution in [-0.2, 0) is 4.79 Å². The van der Waals surface area contributed by atoms with Gasteiger partial charge in [0, 0.05) is 5.02 Å². The van der Waals surface area contributed by atoms with Gasteiger partial charge in [-0.25, -0.2) is 4.90 Å². The molecule has 1 aliphatic heterocycles. The van der Waals surface area contributed by atoms with Crippen molar-refractivity contribution in [3.63, 3.8) is 0 Å². The Bertz CT molecular complexity index is 925. The average molecular weight is 418 g/mol. The van der Waals surface area contributed by atoms with Gasteiger partial charge in [-0.15, -0.1) is 0 Å². The number of nitrogens with zero attached hydrogens (tertiary/aromatic N) is 1. The maximum atomic E-state index is 12.7. The average Bonchev–Trinajstić information content (AvgIpc) is 2.94. The molecule has 146 valence electrons. The lowest BCUT2D eigenvalue weighted by molar-refractivity contribution is -0.113. The normalized spacial score (nSPS) is 15.6. The number of benzene rings is 2. The predicted molar refractivity (Wildman–Crippen MR) is 113 cm³/mol. The summed E-state index contributed by atoms with van der Waals surface area (Å²) >= 11 is 6.78. The maximum absolute atomic E-state index is 12.7. The van der Waals surface area contributed by atoms with Crippen molar-refractivity contribution in [2.24, 2.45) is 5.92 Å². The van der Waals surface area contributed by atoms with Crippen LogP contribution in [0.5, 0.6) is 11.5 Å². The lowest BCUT2D eigenvalue weighted by Crippen LogP contribution is -2.27. The smallest absolute Gasteiger partial charge is 0.298 e. The third-order valence-corrected chi connectivity index (χ3v) is 5.06. The molecule has 1 aliphatic rings. The van der Waals surface area contributed by atoms with Gasteiger partial charge >= 0.3 is 0 Å². The van der Waals surface area contributed by atoms with Gasteiger partial charge in [0.25, 0.3) is 11.1 Å². The maximum Gasteiger partial charge on any atom is 0.298 e. The number of halogens is 1. The van der Waals surface area contributed by atoms with Crippen LogP contribution >= 0.6 is 23.4 Å². The molecular weight excluding hydrogens is 398 g/mol. The molecule has 3 rings (SSSR count). The predicted octanol–water partition coefficient (Wildman–Crippen LogP) is 5.62. The van der Waals surface area contributed by atoms with Crippen molar-refractivity contribution in [3.8, 4) is 11.5 Å². The van der Waals surface area contributed by atoms with E-state index in [1.165, 1.54) is 0 Å². The van der Waals surface area contributed by atoms with Crippen LogP contribution in [0, 0.1) is 5.92 Å². The van der Waals surface area contributed by atoms with E-state index >= 15 is 0 Å². The Morgan fingerprint density at radius 2 is 1.82 bits per heavy atom. The van der Waals surface area contributed by atoms with Gasteiger partial charge in [0.2, 0.25) is 0 Å². The number of ether oxygens (including phenoxy) is 2. The first kappa shape index (κ1) is 20.3. The molecule has 7 heteroatoms. The number of carbonyl (C=O) groups excluding carboxylic acids is 2. The molecule has 0 saturated carbocycles. The van der Waals surface area contributed by atoms with Gasteiger partial charge in [0.15, 0.2) is 11.5 Å². The van der Waals surface area contributed by atoms with Crippen LogP contribution in [0.15, 0.2) is 47.4 Å². The van der Waals surface area contributed by atoms with Crippen LogP contribution in [-0.4, -0.2) is 24.9 Å². The van der Waals surface area contributed by atoms with Crippen LogP contribution in [0.2, 0.25) is 5.02 Å². The standard InChI is InChI=1S/C21H20ClNO4S/c1-13(2)12-27-17-9-4-14(10-18(17)26-3)11-19-20(24)23(21(25)28-19)16-7-5-15(22)6-8-16/h4-11,13H,12H2,1-3H3/b19-11+. The van der Waals surface area contributed by atoms with E-state index in [0.717, 1.165) is 22.2 Å². The van der Waals surface area contributed by atoms with Crippen molar-refractivity contribution in [1.29, 1.82) is 0 Å². The second-order valence-electron chi connectivity index (χ2n) is 6.61. The number of carbonyl (C=O) groups is 2. The molecule has 1 fully saturated rings. The Hall–Kier alpha value is -2.44. The minimum atomic E-state index is -0.364. The molecule has 2 aromatic rings. The fourth-order valence-electron chi connectivity index (χ4n) is 2.58. The Labute approximate surface area is 173 Å². The Kier molecular flexibility index (Phi) is 6.31. The number of rotatable bonds is 6. The highest BCUT2D eigenvalue weighted by atomic mass is 35.5. The van der Waals surface area contributed by atoms with Gasteiger partial charge in [-0.1, -0.05) is 31.5 Å². The fraction of sp³-hybridized carbons (Fsp3) is 0.238. The minimum Gasteiger partial charge on any atom is -0.493 e. The largest absolute Gasteiger partial charge is 0.493 e.